The third-order valence-electron chi connectivity index (χ3n) is 1.64. The lowest BCUT2D eigenvalue weighted by molar-refractivity contribution is -0.141. The van der Waals surface area contributed by atoms with Gasteiger partial charge in [-0.15, -0.1) is 0 Å². The molecule has 4 heteroatoms. The number of hydrogen-bond acceptors (Lipinski definition) is 3. The summed E-state index contributed by atoms with van der Waals surface area (Å²) >= 11 is 3.34. The summed E-state index contributed by atoms with van der Waals surface area (Å²) in [4.78, 5) is 14.9. The average molecular weight is 270 g/mol. The lowest BCUT2D eigenvalue weighted by Gasteiger charge is -1.97. The van der Waals surface area contributed by atoms with Crippen LogP contribution in [0.15, 0.2) is 33.7 Å². The molecule has 1 rings (SSSR count). The third kappa shape index (κ3) is 4.74. The monoisotopic (exact) mass is 269 g/mol. The van der Waals surface area contributed by atoms with Crippen molar-refractivity contribution >= 4 is 28.1 Å². The maximum Gasteiger partial charge on any atom is 0.327 e. The maximum atomic E-state index is 10.9. The van der Waals surface area contributed by atoms with E-state index >= 15 is 0 Å². The summed E-state index contributed by atoms with van der Waals surface area (Å²) in [5.74, 6) is -0.300. The zero-order valence-corrected chi connectivity index (χ0v) is 10.0. The van der Waals surface area contributed by atoms with E-state index in [4.69, 9.17) is 4.74 Å². The average Bonchev–Trinajstić information content (AvgIpc) is 2.21. The van der Waals surface area contributed by atoms with Crippen molar-refractivity contribution in [2.75, 3.05) is 13.2 Å². The van der Waals surface area contributed by atoms with Gasteiger partial charge in [-0.05, 0) is 24.6 Å². The number of ether oxygens (including phenoxy) is 1. The second kappa shape index (κ2) is 6.35. The molecule has 0 aliphatic heterocycles. The van der Waals surface area contributed by atoms with Crippen LogP contribution in [0.2, 0.25) is 0 Å². The van der Waals surface area contributed by atoms with Gasteiger partial charge in [-0.3, -0.25) is 9.79 Å². The van der Waals surface area contributed by atoms with E-state index in [0.29, 0.717) is 6.61 Å². The van der Waals surface area contributed by atoms with Crippen LogP contribution < -0.4 is 0 Å². The van der Waals surface area contributed by atoms with Gasteiger partial charge >= 0.3 is 5.97 Å². The van der Waals surface area contributed by atoms with Gasteiger partial charge in [0.15, 0.2) is 0 Å². The molecule has 0 amide bonds. The molecule has 0 spiro atoms. The number of halogens is 1. The van der Waals surface area contributed by atoms with Gasteiger partial charge in [0, 0.05) is 10.7 Å². The zero-order chi connectivity index (χ0) is 11.1. The smallest absolute Gasteiger partial charge is 0.327 e. The molecule has 0 bridgehead atoms. The molecule has 0 radical (unpaired) electrons. The Balaban J connectivity index is 2.44. The van der Waals surface area contributed by atoms with Crippen molar-refractivity contribution in [1.29, 1.82) is 0 Å². The molecule has 3 nitrogen and oxygen atoms in total. The van der Waals surface area contributed by atoms with Crippen LogP contribution in [0.5, 0.6) is 0 Å². The van der Waals surface area contributed by atoms with E-state index in [-0.39, 0.29) is 12.5 Å². The molecule has 80 valence electrons. The van der Waals surface area contributed by atoms with Gasteiger partial charge in [-0.25, -0.2) is 0 Å². The van der Waals surface area contributed by atoms with Gasteiger partial charge in [0.1, 0.15) is 6.54 Å². The highest BCUT2D eigenvalue weighted by molar-refractivity contribution is 9.10. The number of benzene rings is 1. The molecule has 0 aliphatic rings. The minimum atomic E-state index is -0.300. The number of esters is 1. The predicted octanol–water partition coefficient (Wildman–Crippen LogP) is 2.43. The van der Waals surface area contributed by atoms with E-state index in [1.54, 1.807) is 13.1 Å². The lowest BCUT2D eigenvalue weighted by atomic mass is 10.2. The minimum Gasteiger partial charge on any atom is -0.465 e. The van der Waals surface area contributed by atoms with Crippen molar-refractivity contribution < 1.29 is 9.53 Å². The Morgan fingerprint density at radius 2 is 2.13 bits per heavy atom. The lowest BCUT2D eigenvalue weighted by Crippen LogP contribution is -2.07. The normalized spacial score (nSPS) is 10.5. The van der Waals surface area contributed by atoms with Crippen molar-refractivity contribution in [3.63, 3.8) is 0 Å². The molecule has 0 heterocycles. The quantitative estimate of drug-likeness (QED) is 0.622. The molecule has 1 aromatic rings. The van der Waals surface area contributed by atoms with Crippen molar-refractivity contribution in [1.82, 2.24) is 0 Å². The van der Waals surface area contributed by atoms with Gasteiger partial charge in [0.2, 0.25) is 0 Å². The Hall–Kier alpha value is -1.16. The molecular formula is C11H12BrNO2. The SMILES string of the molecule is CCOC(=O)C/N=C/c1ccc(Br)cc1. The van der Waals surface area contributed by atoms with Crippen LogP contribution in [0, 0.1) is 0 Å². The Morgan fingerprint density at radius 3 is 2.73 bits per heavy atom. The molecule has 0 atom stereocenters. The largest absolute Gasteiger partial charge is 0.465 e. The summed E-state index contributed by atoms with van der Waals surface area (Å²) in [6.07, 6.45) is 1.66. The Labute approximate surface area is 97.3 Å². The summed E-state index contributed by atoms with van der Waals surface area (Å²) in [5.41, 5.74) is 0.961. The summed E-state index contributed by atoms with van der Waals surface area (Å²) in [5, 5.41) is 0. The topological polar surface area (TPSA) is 38.7 Å². The third-order valence-corrected chi connectivity index (χ3v) is 2.16. The van der Waals surface area contributed by atoms with Gasteiger partial charge in [-0.1, -0.05) is 28.1 Å². The van der Waals surface area contributed by atoms with Crippen LogP contribution in [0.3, 0.4) is 0 Å². The van der Waals surface area contributed by atoms with Crippen molar-refractivity contribution in [2.24, 2.45) is 4.99 Å². The molecule has 0 saturated carbocycles. The van der Waals surface area contributed by atoms with Gasteiger partial charge < -0.3 is 4.74 Å². The van der Waals surface area contributed by atoms with E-state index < -0.39 is 0 Å². The van der Waals surface area contributed by atoms with Crippen LogP contribution in [-0.4, -0.2) is 25.3 Å². The Kier molecular flexibility index (Phi) is 5.04. The molecule has 0 N–H and O–H groups in total. The second-order valence-electron chi connectivity index (χ2n) is 2.83. The van der Waals surface area contributed by atoms with Gasteiger partial charge in [-0.2, -0.15) is 0 Å². The van der Waals surface area contributed by atoms with Crippen molar-refractivity contribution in [3.05, 3.63) is 34.3 Å². The van der Waals surface area contributed by atoms with E-state index in [1.165, 1.54) is 0 Å². The number of nitrogens with zero attached hydrogens (tertiary/aromatic N) is 1. The molecule has 1 aromatic carbocycles. The fourth-order valence-electron chi connectivity index (χ4n) is 0.981. The molecular weight excluding hydrogens is 258 g/mol. The minimum absolute atomic E-state index is 0.0733. The molecule has 15 heavy (non-hydrogen) atoms. The number of rotatable bonds is 4. The standard InChI is InChI=1S/C11H12BrNO2/c1-2-15-11(14)8-13-7-9-3-5-10(12)6-4-9/h3-7H,2,8H2,1H3/b13-7+. The highest BCUT2D eigenvalue weighted by Crippen LogP contribution is 2.08. The Morgan fingerprint density at radius 1 is 1.47 bits per heavy atom. The van der Waals surface area contributed by atoms with E-state index in [9.17, 15) is 4.79 Å². The number of hydrogen-bond donors (Lipinski definition) is 0. The van der Waals surface area contributed by atoms with Gasteiger partial charge in [0.25, 0.3) is 0 Å². The fraction of sp³-hybridized carbons (Fsp3) is 0.273. The van der Waals surface area contributed by atoms with E-state index in [2.05, 4.69) is 20.9 Å². The molecule has 0 aromatic heterocycles. The highest BCUT2D eigenvalue weighted by atomic mass is 79.9. The first-order valence-electron chi connectivity index (χ1n) is 4.63. The molecule has 0 fully saturated rings. The summed E-state index contributed by atoms with van der Waals surface area (Å²) in [7, 11) is 0. The van der Waals surface area contributed by atoms with Crippen molar-refractivity contribution in [3.8, 4) is 0 Å². The summed E-state index contributed by atoms with van der Waals surface area (Å²) in [6.45, 7) is 2.24. The van der Waals surface area contributed by atoms with E-state index in [1.807, 2.05) is 24.3 Å². The van der Waals surface area contributed by atoms with Crippen LogP contribution in [0.1, 0.15) is 12.5 Å². The maximum absolute atomic E-state index is 10.9. The Bertz CT molecular complexity index is 346. The van der Waals surface area contributed by atoms with Crippen LogP contribution in [0.25, 0.3) is 0 Å². The van der Waals surface area contributed by atoms with Crippen molar-refractivity contribution in [2.45, 2.75) is 6.92 Å². The summed E-state index contributed by atoms with van der Waals surface area (Å²) in [6, 6.07) is 7.68. The van der Waals surface area contributed by atoms with Gasteiger partial charge in [0.05, 0.1) is 6.61 Å². The first-order valence-corrected chi connectivity index (χ1v) is 5.42. The van der Waals surface area contributed by atoms with Crippen LogP contribution in [0.4, 0.5) is 0 Å². The number of carbonyl (C=O) groups excluding carboxylic acids is 1. The first kappa shape index (κ1) is 11.9. The molecule has 0 aliphatic carbocycles. The molecule has 0 unspecified atom stereocenters. The zero-order valence-electron chi connectivity index (χ0n) is 8.44. The first-order chi connectivity index (χ1) is 7.22. The predicted molar refractivity (Wildman–Crippen MR) is 63.2 cm³/mol. The fourth-order valence-corrected chi connectivity index (χ4v) is 1.25. The van der Waals surface area contributed by atoms with E-state index in [0.717, 1.165) is 10.0 Å². The number of aliphatic imine (C=N–C) groups is 1. The van der Waals surface area contributed by atoms with Crippen LogP contribution >= 0.6 is 15.9 Å². The highest BCUT2D eigenvalue weighted by Gasteiger charge is 1.96. The number of carbonyl (C=O) groups is 1. The summed E-state index contributed by atoms with van der Waals surface area (Å²) < 4.78 is 5.76. The second-order valence-corrected chi connectivity index (χ2v) is 3.74. The van der Waals surface area contributed by atoms with Crippen LogP contribution in [-0.2, 0) is 9.53 Å². The molecule has 0 saturated heterocycles.